The van der Waals surface area contributed by atoms with E-state index in [2.05, 4.69) is 5.32 Å². The zero-order valence-electron chi connectivity index (χ0n) is 13.3. The molecule has 3 N–H and O–H groups in total. The maximum Gasteiger partial charge on any atom is 0.227 e. The monoisotopic (exact) mass is 357 g/mol. The number of rotatable bonds is 5. The van der Waals surface area contributed by atoms with Crippen molar-refractivity contribution in [3.05, 3.63) is 29.8 Å². The summed E-state index contributed by atoms with van der Waals surface area (Å²) in [6, 6.07) is 7.28. The summed E-state index contributed by atoms with van der Waals surface area (Å²) in [5, 5.41) is 2.80. The van der Waals surface area contributed by atoms with Crippen molar-refractivity contribution in [2.75, 3.05) is 29.9 Å². The fraction of sp³-hybridized carbons (Fsp3) is 0.500. The van der Waals surface area contributed by atoms with E-state index in [1.807, 2.05) is 40.9 Å². The van der Waals surface area contributed by atoms with Crippen molar-refractivity contribution >= 4 is 41.7 Å². The Morgan fingerprint density at radius 1 is 1.26 bits per heavy atom. The van der Waals surface area contributed by atoms with E-state index in [1.54, 1.807) is 6.92 Å². The number of carbonyl (C=O) groups is 2. The van der Waals surface area contributed by atoms with Gasteiger partial charge in [-0.05, 0) is 24.6 Å². The van der Waals surface area contributed by atoms with Crippen LogP contribution in [0.3, 0.4) is 0 Å². The molecule has 1 aromatic carbocycles. The maximum absolute atomic E-state index is 12.2. The summed E-state index contributed by atoms with van der Waals surface area (Å²) in [6.07, 6.45) is 0.714. The predicted molar refractivity (Wildman–Crippen MR) is 98.2 cm³/mol. The second kappa shape index (κ2) is 9.80. The van der Waals surface area contributed by atoms with Crippen LogP contribution in [0.2, 0.25) is 0 Å². The third kappa shape index (κ3) is 6.81. The van der Waals surface area contributed by atoms with Crippen LogP contribution < -0.4 is 11.1 Å². The first-order chi connectivity index (χ1) is 10.5. The molecule has 7 heteroatoms. The van der Waals surface area contributed by atoms with E-state index in [-0.39, 0.29) is 30.3 Å². The topological polar surface area (TPSA) is 75.4 Å². The lowest BCUT2D eigenvalue weighted by Crippen LogP contribution is -2.38. The fourth-order valence-electron chi connectivity index (χ4n) is 2.31. The molecule has 128 valence electrons. The quantitative estimate of drug-likeness (QED) is 0.844. The normalized spacial score (nSPS) is 15.5. The van der Waals surface area contributed by atoms with Gasteiger partial charge in [0.1, 0.15) is 0 Å². The van der Waals surface area contributed by atoms with Crippen LogP contribution in [0.15, 0.2) is 24.3 Å². The van der Waals surface area contributed by atoms with Crippen LogP contribution in [0, 0.1) is 0 Å². The molecule has 1 heterocycles. The Morgan fingerprint density at radius 3 is 2.43 bits per heavy atom. The highest BCUT2D eigenvalue weighted by Crippen LogP contribution is 2.14. The molecule has 1 aliphatic rings. The molecular weight excluding hydrogens is 334 g/mol. The smallest absolute Gasteiger partial charge is 0.227 e. The van der Waals surface area contributed by atoms with Crippen molar-refractivity contribution < 1.29 is 9.59 Å². The maximum atomic E-state index is 12.2. The SMILES string of the molecule is CC(N)CC(=O)Nc1ccc(CC(=O)N2CCSCC2)cc1.Cl. The molecule has 1 unspecified atom stereocenters. The molecule has 1 atom stereocenters. The number of nitrogens with one attached hydrogen (secondary N) is 1. The van der Waals surface area contributed by atoms with E-state index in [4.69, 9.17) is 5.73 Å². The number of halogens is 1. The van der Waals surface area contributed by atoms with Gasteiger partial charge in [0.25, 0.3) is 0 Å². The Bertz CT molecular complexity index is 517. The van der Waals surface area contributed by atoms with Gasteiger partial charge in [-0.15, -0.1) is 12.4 Å². The highest BCUT2D eigenvalue weighted by atomic mass is 35.5. The number of hydrogen-bond donors (Lipinski definition) is 2. The summed E-state index contributed by atoms with van der Waals surface area (Å²) >= 11 is 1.89. The summed E-state index contributed by atoms with van der Waals surface area (Å²) in [6.45, 7) is 3.48. The highest BCUT2D eigenvalue weighted by molar-refractivity contribution is 7.99. The molecule has 2 rings (SSSR count). The molecule has 1 aliphatic heterocycles. The molecule has 0 aliphatic carbocycles. The first-order valence-corrected chi connectivity index (χ1v) is 8.70. The van der Waals surface area contributed by atoms with Crippen LogP contribution >= 0.6 is 24.2 Å². The fourth-order valence-corrected chi connectivity index (χ4v) is 3.21. The van der Waals surface area contributed by atoms with Gasteiger partial charge in [-0.1, -0.05) is 12.1 Å². The zero-order valence-corrected chi connectivity index (χ0v) is 14.9. The van der Waals surface area contributed by atoms with E-state index < -0.39 is 0 Å². The summed E-state index contributed by atoms with van der Waals surface area (Å²) in [5.74, 6) is 2.13. The molecular formula is C16H24ClN3O2S. The average Bonchev–Trinajstić information content (AvgIpc) is 2.49. The summed E-state index contributed by atoms with van der Waals surface area (Å²) in [5.41, 5.74) is 7.29. The minimum Gasteiger partial charge on any atom is -0.341 e. The Hall–Kier alpha value is -1.24. The van der Waals surface area contributed by atoms with Crippen molar-refractivity contribution in [1.29, 1.82) is 0 Å². The molecule has 23 heavy (non-hydrogen) atoms. The molecule has 1 saturated heterocycles. The van der Waals surface area contributed by atoms with Crippen molar-refractivity contribution in [2.24, 2.45) is 5.73 Å². The van der Waals surface area contributed by atoms with E-state index in [0.717, 1.165) is 35.8 Å². The van der Waals surface area contributed by atoms with Crippen LogP contribution in [-0.2, 0) is 16.0 Å². The Kier molecular flexibility index (Phi) is 8.44. The van der Waals surface area contributed by atoms with Gasteiger partial charge in [0.15, 0.2) is 0 Å². The molecule has 0 saturated carbocycles. The first kappa shape index (κ1) is 19.8. The largest absolute Gasteiger partial charge is 0.341 e. The molecule has 1 aromatic rings. The number of benzene rings is 1. The van der Waals surface area contributed by atoms with E-state index in [1.165, 1.54) is 0 Å². The molecule has 0 aromatic heterocycles. The molecule has 2 amide bonds. The van der Waals surface area contributed by atoms with Gasteiger partial charge in [-0.3, -0.25) is 9.59 Å². The molecule has 5 nitrogen and oxygen atoms in total. The number of anilines is 1. The summed E-state index contributed by atoms with van der Waals surface area (Å²) in [4.78, 5) is 25.7. The second-order valence-corrected chi connectivity index (χ2v) is 6.82. The van der Waals surface area contributed by atoms with Gasteiger partial charge in [0, 0.05) is 42.7 Å². The van der Waals surface area contributed by atoms with Gasteiger partial charge >= 0.3 is 0 Å². The van der Waals surface area contributed by atoms with Crippen LogP contribution in [0.25, 0.3) is 0 Å². The van der Waals surface area contributed by atoms with Crippen molar-refractivity contribution in [3.63, 3.8) is 0 Å². The van der Waals surface area contributed by atoms with E-state index >= 15 is 0 Å². The number of hydrogen-bond acceptors (Lipinski definition) is 4. The number of carbonyl (C=O) groups excluding carboxylic acids is 2. The van der Waals surface area contributed by atoms with Crippen LogP contribution in [0.1, 0.15) is 18.9 Å². The van der Waals surface area contributed by atoms with Gasteiger partial charge in [0.2, 0.25) is 11.8 Å². The third-order valence-electron chi connectivity index (χ3n) is 3.46. The van der Waals surface area contributed by atoms with Crippen LogP contribution in [-0.4, -0.2) is 47.4 Å². The Morgan fingerprint density at radius 2 is 1.87 bits per heavy atom. The summed E-state index contributed by atoms with van der Waals surface area (Å²) < 4.78 is 0. The molecule has 0 spiro atoms. The lowest BCUT2D eigenvalue weighted by Gasteiger charge is -2.26. The lowest BCUT2D eigenvalue weighted by molar-refractivity contribution is -0.130. The van der Waals surface area contributed by atoms with Crippen molar-refractivity contribution in [1.82, 2.24) is 4.90 Å². The molecule has 1 fully saturated rings. The van der Waals surface area contributed by atoms with Crippen LogP contribution in [0.4, 0.5) is 5.69 Å². The van der Waals surface area contributed by atoms with Crippen molar-refractivity contribution in [2.45, 2.75) is 25.8 Å². The Labute approximate surface area is 147 Å². The lowest BCUT2D eigenvalue weighted by atomic mass is 10.1. The predicted octanol–water partition coefficient (Wildman–Crippen LogP) is 1.90. The average molecular weight is 358 g/mol. The zero-order chi connectivity index (χ0) is 15.9. The summed E-state index contributed by atoms with van der Waals surface area (Å²) in [7, 11) is 0. The van der Waals surface area contributed by atoms with Gasteiger partial charge in [-0.25, -0.2) is 0 Å². The first-order valence-electron chi connectivity index (χ1n) is 7.54. The molecule has 0 radical (unpaired) electrons. The van der Waals surface area contributed by atoms with Gasteiger partial charge in [0.05, 0.1) is 6.42 Å². The minimum atomic E-state index is -0.153. The number of nitrogens with zero attached hydrogens (tertiary/aromatic N) is 1. The third-order valence-corrected chi connectivity index (χ3v) is 4.41. The van der Waals surface area contributed by atoms with E-state index in [9.17, 15) is 9.59 Å². The number of amides is 2. The van der Waals surface area contributed by atoms with Gasteiger partial charge in [-0.2, -0.15) is 11.8 Å². The van der Waals surface area contributed by atoms with Crippen molar-refractivity contribution in [3.8, 4) is 0 Å². The second-order valence-electron chi connectivity index (χ2n) is 5.60. The Balaban J connectivity index is 0.00000264. The number of nitrogens with two attached hydrogens (primary N) is 1. The minimum absolute atomic E-state index is 0. The highest BCUT2D eigenvalue weighted by Gasteiger charge is 2.16. The van der Waals surface area contributed by atoms with Gasteiger partial charge < -0.3 is 16.0 Å². The van der Waals surface area contributed by atoms with E-state index in [0.29, 0.717) is 12.8 Å². The standard InChI is InChI=1S/C16H23N3O2S.ClH/c1-12(17)10-15(20)18-14-4-2-13(3-5-14)11-16(21)19-6-8-22-9-7-19;/h2-5,12H,6-11,17H2,1H3,(H,18,20);1H. The van der Waals surface area contributed by atoms with Crippen LogP contribution in [0.5, 0.6) is 0 Å². The number of thioether (sulfide) groups is 1. The molecule has 0 bridgehead atoms.